The quantitative estimate of drug-likeness (QED) is 0.161. The lowest BCUT2D eigenvalue weighted by atomic mass is 10.0. The molecule has 0 aliphatic heterocycles. The van der Waals surface area contributed by atoms with Crippen LogP contribution in [0.25, 0.3) is 22.0 Å². The molecule has 10 heteroatoms. The van der Waals surface area contributed by atoms with Crippen LogP contribution in [-0.4, -0.2) is 24.2 Å². The van der Waals surface area contributed by atoms with Gasteiger partial charge in [0.15, 0.2) is 17.3 Å². The summed E-state index contributed by atoms with van der Waals surface area (Å²) in [5.74, 6) is -1.71. The van der Waals surface area contributed by atoms with Crippen molar-refractivity contribution in [3.8, 4) is 22.6 Å². The maximum absolute atomic E-state index is 14.4. The Morgan fingerprint density at radius 3 is 2.50 bits per heavy atom. The molecule has 0 spiro atoms. The van der Waals surface area contributed by atoms with E-state index in [2.05, 4.69) is 24.6 Å². The smallest absolute Gasteiger partial charge is 0.274 e. The van der Waals surface area contributed by atoms with E-state index in [1.54, 1.807) is 25.4 Å². The van der Waals surface area contributed by atoms with Gasteiger partial charge >= 0.3 is 0 Å². The number of halogens is 2. The minimum Gasteiger partial charge on any atom is -0.451 e. The molecule has 36 heavy (non-hydrogen) atoms. The maximum Gasteiger partial charge on any atom is 0.274 e. The molecule has 0 fully saturated rings. The molecule has 0 saturated carbocycles. The highest BCUT2D eigenvalue weighted by Gasteiger charge is 2.20. The van der Waals surface area contributed by atoms with Crippen molar-refractivity contribution >= 4 is 30.4 Å². The standard InChI is InChI=1S/C26H30F2N4O3Si/c1-32-13-19(18-12-16(31-24(18)26(32)33)14-34-9-10-36(2,3)4)17-6-7-21(29)23(30)25(17)35-22-8-5-15(27)11-20(22)28/h5-8,11-13,31H,9-10,14,29-30H2,1-4H3. The van der Waals surface area contributed by atoms with Gasteiger partial charge in [0.1, 0.15) is 11.3 Å². The van der Waals surface area contributed by atoms with Gasteiger partial charge < -0.3 is 30.5 Å². The number of aryl methyl sites for hydroxylation is 1. The molecule has 4 aromatic rings. The summed E-state index contributed by atoms with van der Waals surface area (Å²) < 4.78 is 41.0. The number of rotatable bonds is 8. The van der Waals surface area contributed by atoms with Crippen molar-refractivity contribution < 1.29 is 18.3 Å². The van der Waals surface area contributed by atoms with E-state index in [1.165, 1.54) is 10.6 Å². The topological polar surface area (TPSA) is 108 Å². The molecular weight excluding hydrogens is 482 g/mol. The Morgan fingerprint density at radius 2 is 1.81 bits per heavy atom. The zero-order chi connectivity index (χ0) is 26.2. The predicted octanol–water partition coefficient (Wildman–Crippen LogP) is 5.62. The number of ether oxygens (including phenoxy) is 2. The Balaban J connectivity index is 1.79. The number of nitrogens with zero attached hydrogens (tertiary/aromatic N) is 1. The van der Waals surface area contributed by atoms with Crippen LogP contribution < -0.4 is 21.8 Å². The number of aromatic amines is 1. The molecular formula is C26H30F2N4O3Si. The van der Waals surface area contributed by atoms with E-state index >= 15 is 0 Å². The van der Waals surface area contributed by atoms with Gasteiger partial charge in [-0.2, -0.15) is 0 Å². The molecule has 0 aliphatic carbocycles. The van der Waals surface area contributed by atoms with Crippen LogP contribution >= 0.6 is 0 Å². The van der Waals surface area contributed by atoms with E-state index in [9.17, 15) is 13.6 Å². The molecule has 0 radical (unpaired) electrons. The van der Waals surface area contributed by atoms with E-state index in [0.717, 1.165) is 23.9 Å². The number of anilines is 2. The third-order valence-corrected chi connectivity index (χ3v) is 7.60. The van der Waals surface area contributed by atoms with Crippen LogP contribution in [0.4, 0.5) is 20.2 Å². The fourth-order valence-electron chi connectivity index (χ4n) is 3.85. The number of hydrogen-bond acceptors (Lipinski definition) is 5. The van der Waals surface area contributed by atoms with E-state index < -0.39 is 19.7 Å². The van der Waals surface area contributed by atoms with Crippen molar-refractivity contribution in [3.05, 3.63) is 70.3 Å². The first-order valence-electron chi connectivity index (χ1n) is 11.5. The summed E-state index contributed by atoms with van der Waals surface area (Å²) in [5.41, 5.74) is 14.7. The number of benzene rings is 2. The number of fused-ring (bicyclic) bond motifs is 1. The van der Waals surface area contributed by atoms with Gasteiger partial charge in [0.25, 0.3) is 5.56 Å². The van der Waals surface area contributed by atoms with Crippen molar-refractivity contribution in [2.24, 2.45) is 7.05 Å². The van der Waals surface area contributed by atoms with E-state index in [-0.39, 0.29) is 28.4 Å². The molecule has 0 aliphatic rings. The first kappa shape index (κ1) is 25.5. The molecule has 2 heterocycles. The molecule has 5 N–H and O–H groups in total. The van der Waals surface area contributed by atoms with Crippen molar-refractivity contribution in [3.63, 3.8) is 0 Å². The Kier molecular flexibility index (Phi) is 6.92. The fourth-order valence-corrected chi connectivity index (χ4v) is 4.60. The highest BCUT2D eigenvalue weighted by molar-refractivity contribution is 6.76. The lowest BCUT2D eigenvalue weighted by Gasteiger charge is -2.17. The minimum absolute atomic E-state index is 0.101. The summed E-state index contributed by atoms with van der Waals surface area (Å²) in [5, 5.41) is 0.635. The summed E-state index contributed by atoms with van der Waals surface area (Å²) in [4.78, 5) is 16.1. The van der Waals surface area contributed by atoms with Crippen molar-refractivity contribution in [1.29, 1.82) is 0 Å². The third-order valence-electron chi connectivity index (χ3n) is 5.90. The number of nitrogens with two attached hydrogens (primary N) is 2. The van der Waals surface area contributed by atoms with Gasteiger partial charge in [-0.05, 0) is 36.4 Å². The van der Waals surface area contributed by atoms with Crippen molar-refractivity contribution in [1.82, 2.24) is 9.55 Å². The average Bonchev–Trinajstić information content (AvgIpc) is 3.23. The van der Waals surface area contributed by atoms with Crippen LogP contribution in [0.15, 0.2) is 47.4 Å². The minimum atomic E-state index is -1.22. The number of H-pyrrole nitrogens is 1. The average molecular weight is 513 g/mol. The van der Waals surface area contributed by atoms with Crippen molar-refractivity contribution in [2.45, 2.75) is 32.3 Å². The largest absolute Gasteiger partial charge is 0.451 e. The second-order valence-corrected chi connectivity index (χ2v) is 15.6. The van der Waals surface area contributed by atoms with E-state index in [0.29, 0.717) is 35.2 Å². The predicted molar refractivity (Wildman–Crippen MR) is 142 cm³/mol. The SMILES string of the molecule is Cn1cc(-c2ccc(N)c(N)c2Oc2ccc(F)cc2F)c2cc(COCC[Si](C)(C)C)[nH]c2c1=O. The molecule has 0 amide bonds. The monoisotopic (exact) mass is 512 g/mol. The summed E-state index contributed by atoms with van der Waals surface area (Å²) in [6, 6.07) is 9.19. The summed E-state index contributed by atoms with van der Waals surface area (Å²) in [7, 11) is 0.411. The summed E-state index contributed by atoms with van der Waals surface area (Å²) in [6.07, 6.45) is 1.66. The number of nitrogens with one attached hydrogen (secondary N) is 1. The van der Waals surface area contributed by atoms with Gasteiger partial charge in [-0.25, -0.2) is 8.78 Å². The van der Waals surface area contributed by atoms with Gasteiger partial charge in [-0.15, -0.1) is 0 Å². The van der Waals surface area contributed by atoms with Gasteiger partial charge in [-0.3, -0.25) is 4.79 Å². The lowest BCUT2D eigenvalue weighted by molar-refractivity contribution is 0.131. The van der Waals surface area contributed by atoms with Gasteiger partial charge in [-0.1, -0.05) is 19.6 Å². The molecule has 7 nitrogen and oxygen atoms in total. The van der Waals surface area contributed by atoms with Gasteiger partial charge in [0.05, 0.1) is 18.0 Å². The van der Waals surface area contributed by atoms with Crippen LogP contribution in [0.1, 0.15) is 5.69 Å². The number of nitrogen functional groups attached to an aromatic ring is 2. The van der Waals surface area contributed by atoms with Crippen LogP contribution in [0, 0.1) is 11.6 Å². The van der Waals surface area contributed by atoms with Crippen LogP contribution in [0.3, 0.4) is 0 Å². The Labute approximate surface area is 208 Å². The zero-order valence-corrected chi connectivity index (χ0v) is 21.7. The summed E-state index contributed by atoms with van der Waals surface area (Å²) in [6.45, 7) is 7.82. The molecule has 4 rings (SSSR count). The van der Waals surface area contributed by atoms with Gasteiger partial charge in [0.2, 0.25) is 0 Å². The molecule has 2 aromatic heterocycles. The summed E-state index contributed by atoms with van der Waals surface area (Å²) >= 11 is 0. The second kappa shape index (κ2) is 9.79. The fraction of sp³-hybridized carbons (Fsp3) is 0.269. The molecule has 0 bridgehead atoms. The number of aromatic nitrogens is 2. The maximum atomic E-state index is 14.4. The van der Waals surface area contributed by atoms with E-state index in [1.807, 2.05) is 6.07 Å². The van der Waals surface area contributed by atoms with Crippen LogP contribution in [0.2, 0.25) is 25.7 Å². The van der Waals surface area contributed by atoms with Crippen LogP contribution in [-0.2, 0) is 18.4 Å². The van der Waals surface area contributed by atoms with Crippen LogP contribution in [0.5, 0.6) is 11.5 Å². The highest BCUT2D eigenvalue weighted by atomic mass is 28.3. The first-order chi connectivity index (χ1) is 16.9. The molecule has 0 atom stereocenters. The first-order valence-corrected chi connectivity index (χ1v) is 15.3. The zero-order valence-electron chi connectivity index (χ0n) is 20.7. The second-order valence-electron chi connectivity index (χ2n) is 10.0. The van der Waals surface area contributed by atoms with Crippen molar-refractivity contribution in [2.75, 3.05) is 18.1 Å². The normalized spacial score (nSPS) is 11.8. The molecule has 0 saturated heterocycles. The number of pyridine rings is 1. The molecule has 190 valence electrons. The third kappa shape index (κ3) is 5.29. The highest BCUT2D eigenvalue weighted by Crippen LogP contribution is 2.43. The van der Waals surface area contributed by atoms with Gasteiger partial charge in [0, 0.05) is 56.2 Å². The Bertz CT molecular complexity index is 1490. The van der Waals surface area contributed by atoms with E-state index in [4.69, 9.17) is 20.9 Å². The Hall–Kier alpha value is -3.63. The molecule has 2 aromatic carbocycles. The lowest BCUT2D eigenvalue weighted by Crippen LogP contribution is -2.21. The Morgan fingerprint density at radius 1 is 1.06 bits per heavy atom. The molecule has 0 unspecified atom stereocenters. The number of hydrogen-bond donors (Lipinski definition) is 3.